The largest absolute Gasteiger partial charge is 0.865 e. The Morgan fingerprint density at radius 2 is 2.05 bits per heavy atom. The molecule has 110 valence electrons. The molecular weight excluding hydrogens is 262 g/mol. The zero-order valence-corrected chi connectivity index (χ0v) is 11.7. The summed E-state index contributed by atoms with van der Waals surface area (Å²) in [4.78, 5) is 14.0. The Morgan fingerprint density at radius 3 is 2.60 bits per heavy atom. The first-order chi connectivity index (χ1) is 9.51. The molecule has 2 rings (SSSR count). The first-order valence-electron chi connectivity index (χ1n) is 6.57. The number of rotatable bonds is 4. The van der Waals surface area contributed by atoms with E-state index in [9.17, 15) is 15.2 Å². The van der Waals surface area contributed by atoms with Crippen molar-refractivity contribution in [3.8, 4) is 11.5 Å². The first-order valence-corrected chi connectivity index (χ1v) is 6.57. The molecule has 1 aromatic carbocycles. The average Bonchev–Trinajstić information content (AvgIpc) is 2.42. The van der Waals surface area contributed by atoms with Gasteiger partial charge in [0.1, 0.15) is 5.75 Å². The molecule has 0 unspecified atom stereocenters. The van der Waals surface area contributed by atoms with Gasteiger partial charge in [-0.3, -0.25) is 15.0 Å². The van der Waals surface area contributed by atoms with Crippen LogP contribution in [0, 0.1) is 10.1 Å². The summed E-state index contributed by atoms with van der Waals surface area (Å²) >= 11 is 0. The zero-order valence-electron chi connectivity index (χ0n) is 11.7. The van der Waals surface area contributed by atoms with Gasteiger partial charge in [-0.15, -0.1) is 0 Å². The van der Waals surface area contributed by atoms with Gasteiger partial charge in [-0.2, -0.15) is 0 Å². The van der Waals surface area contributed by atoms with Gasteiger partial charge in [-0.25, -0.2) is 0 Å². The minimum Gasteiger partial charge on any atom is -0.865 e. The molecule has 0 aliphatic carbocycles. The predicted molar refractivity (Wildman–Crippen MR) is 71.0 cm³/mol. The summed E-state index contributed by atoms with van der Waals surface area (Å²) in [6.45, 7) is 4.60. The zero-order chi connectivity index (χ0) is 14.7. The van der Waals surface area contributed by atoms with E-state index in [1.54, 1.807) is 6.07 Å². The third-order valence-electron chi connectivity index (χ3n) is 3.63. The summed E-state index contributed by atoms with van der Waals surface area (Å²) in [5.41, 5.74) is 0.326. The maximum absolute atomic E-state index is 11.7. The van der Waals surface area contributed by atoms with E-state index in [2.05, 4.69) is 11.9 Å². The molecule has 1 saturated heterocycles. The van der Waals surface area contributed by atoms with Crippen molar-refractivity contribution in [2.75, 3.05) is 40.3 Å². The smallest absolute Gasteiger partial charge is 0.265 e. The van der Waals surface area contributed by atoms with Gasteiger partial charge in [-0.1, -0.05) is 0 Å². The molecule has 0 atom stereocenters. The minimum absolute atomic E-state index is 0.0361. The highest BCUT2D eigenvalue weighted by atomic mass is 16.6. The van der Waals surface area contributed by atoms with Crippen molar-refractivity contribution < 1.29 is 19.7 Å². The summed E-state index contributed by atoms with van der Waals surface area (Å²) in [6, 6.07) is 2.95. The highest BCUT2D eigenvalue weighted by Gasteiger charge is 2.19. The fourth-order valence-corrected chi connectivity index (χ4v) is 2.37. The number of benzene rings is 1. The fraction of sp³-hybridized carbons (Fsp3) is 0.538. The van der Waals surface area contributed by atoms with Gasteiger partial charge in [0, 0.05) is 31.5 Å². The molecule has 20 heavy (non-hydrogen) atoms. The standard InChI is InChI=1S/C13H19N3O4/c1-14-3-5-15(6-4-14)9-10-7-11(16(18)19)13(17)12(8-10)20-2/h7-8,17H,3-6,9H2,1-2H3. The lowest BCUT2D eigenvalue weighted by Gasteiger charge is -2.30. The van der Waals surface area contributed by atoms with Gasteiger partial charge in [0.25, 0.3) is 5.69 Å². The van der Waals surface area contributed by atoms with E-state index in [-0.39, 0.29) is 5.75 Å². The van der Waals surface area contributed by atoms with Gasteiger partial charge in [0.15, 0.2) is 0 Å². The molecule has 1 aromatic rings. The number of ether oxygens (including phenoxy) is 1. The number of hydrogen-bond donors (Lipinski definition) is 1. The molecule has 1 heterocycles. The van der Waals surface area contributed by atoms with E-state index in [0.717, 1.165) is 31.7 Å². The van der Waals surface area contributed by atoms with Crippen LogP contribution in [0.2, 0.25) is 0 Å². The highest BCUT2D eigenvalue weighted by Crippen LogP contribution is 2.34. The van der Waals surface area contributed by atoms with Crippen molar-refractivity contribution in [3.05, 3.63) is 27.8 Å². The molecule has 7 heteroatoms. The summed E-state index contributed by atoms with van der Waals surface area (Å²) in [6.07, 6.45) is 0. The van der Waals surface area contributed by atoms with Crippen molar-refractivity contribution in [2.24, 2.45) is 0 Å². The maximum atomic E-state index is 11.7. The molecule has 1 aliphatic rings. The van der Waals surface area contributed by atoms with E-state index in [4.69, 9.17) is 4.74 Å². The molecular formula is C13H19N3O4. The molecule has 1 N–H and O–H groups in total. The summed E-state index contributed by atoms with van der Waals surface area (Å²) in [5.74, 6) is -0.627. The Hall–Kier alpha value is -1.86. The fourth-order valence-electron chi connectivity index (χ4n) is 2.37. The van der Waals surface area contributed by atoms with Crippen molar-refractivity contribution in [1.29, 1.82) is 0 Å². The predicted octanol–water partition coefficient (Wildman–Crippen LogP) is -0.993. The van der Waals surface area contributed by atoms with Gasteiger partial charge in [0.05, 0.1) is 32.2 Å². The Balaban J connectivity index is 2.19. The van der Waals surface area contributed by atoms with E-state index in [1.165, 1.54) is 18.1 Å². The lowest BCUT2D eigenvalue weighted by Crippen LogP contribution is -3.11. The van der Waals surface area contributed by atoms with E-state index >= 15 is 0 Å². The van der Waals surface area contributed by atoms with Crippen LogP contribution in [0.1, 0.15) is 5.56 Å². The number of quaternary nitrogens is 1. The van der Waals surface area contributed by atoms with Crippen molar-refractivity contribution in [1.82, 2.24) is 4.90 Å². The number of hydrogen-bond acceptors (Lipinski definition) is 5. The van der Waals surface area contributed by atoms with Crippen LogP contribution in [0.4, 0.5) is 5.69 Å². The Labute approximate surface area is 117 Å². The monoisotopic (exact) mass is 281 g/mol. The summed E-state index contributed by atoms with van der Waals surface area (Å²) in [7, 11) is 3.50. The van der Waals surface area contributed by atoms with E-state index in [0.29, 0.717) is 6.54 Å². The van der Waals surface area contributed by atoms with Crippen LogP contribution in [0.3, 0.4) is 0 Å². The van der Waals surface area contributed by atoms with Crippen molar-refractivity contribution >= 4 is 5.69 Å². The molecule has 0 bridgehead atoms. The molecule has 0 aromatic heterocycles. The van der Waals surface area contributed by atoms with Crippen LogP contribution >= 0.6 is 0 Å². The van der Waals surface area contributed by atoms with Gasteiger partial charge < -0.3 is 14.7 Å². The van der Waals surface area contributed by atoms with Crippen LogP contribution in [-0.4, -0.2) is 50.2 Å². The molecule has 0 saturated carbocycles. The number of likely N-dealkylation sites (N-methyl/N-ethyl adjacent to an activating group) is 1. The van der Waals surface area contributed by atoms with Gasteiger partial charge in [0.2, 0.25) is 0 Å². The van der Waals surface area contributed by atoms with Crippen LogP contribution in [0.15, 0.2) is 12.1 Å². The maximum Gasteiger partial charge on any atom is 0.265 e. The second kappa shape index (κ2) is 6.06. The normalized spacial score (nSPS) is 17.1. The molecule has 0 spiro atoms. The molecule has 1 fully saturated rings. The van der Waals surface area contributed by atoms with Crippen molar-refractivity contribution in [3.63, 3.8) is 0 Å². The SMILES string of the molecule is COc1cc(CN2CC[NH+](C)CC2)cc([N+](=O)[O-])c1[O-]. The number of nitro groups is 1. The number of nitrogens with zero attached hydrogens (tertiary/aromatic N) is 2. The Bertz CT molecular complexity index is 499. The van der Waals surface area contributed by atoms with Gasteiger partial charge >= 0.3 is 0 Å². The molecule has 0 amide bonds. The first kappa shape index (κ1) is 14.5. The van der Waals surface area contributed by atoms with E-state index < -0.39 is 16.4 Å². The van der Waals surface area contributed by atoms with Crippen LogP contribution < -0.4 is 14.7 Å². The highest BCUT2D eigenvalue weighted by molar-refractivity contribution is 5.56. The number of piperazine rings is 1. The average molecular weight is 281 g/mol. The minimum atomic E-state index is -0.663. The lowest BCUT2D eigenvalue weighted by molar-refractivity contribution is -0.884. The van der Waals surface area contributed by atoms with Gasteiger partial charge in [-0.05, 0) is 11.6 Å². The summed E-state index contributed by atoms with van der Waals surface area (Å²) < 4.78 is 4.94. The quantitative estimate of drug-likeness (QED) is 0.566. The summed E-state index contributed by atoms with van der Waals surface area (Å²) in [5, 5.41) is 22.7. The second-order valence-electron chi connectivity index (χ2n) is 5.14. The lowest BCUT2D eigenvalue weighted by atomic mass is 10.1. The van der Waals surface area contributed by atoms with Crippen LogP contribution in [0.25, 0.3) is 0 Å². The van der Waals surface area contributed by atoms with Crippen molar-refractivity contribution in [2.45, 2.75) is 6.54 Å². The third-order valence-corrected chi connectivity index (χ3v) is 3.63. The van der Waals surface area contributed by atoms with Crippen LogP contribution in [-0.2, 0) is 6.54 Å². The van der Waals surface area contributed by atoms with Crippen LogP contribution in [0.5, 0.6) is 11.5 Å². The molecule has 7 nitrogen and oxygen atoms in total. The number of nitro benzene ring substituents is 1. The number of methoxy groups -OCH3 is 1. The van der Waals surface area contributed by atoms with E-state index in [1.807, 2.05) is 0 Å². The topological polar surface area (TPSA) is 83.1 Å². The number of nitrogens with one attached hydrogen (secondary N) is 1. The molecule has 0 radical (unpaired) electrons. The molecule has 1 aliphatic heterocycles. The Kier molecular flexibility index (Phi) is 4.41. The Morgan fingerprint density at radius 1 is 1.40 bits per heavy atom. The second-order valence-corrected chi connectivity index (χ2v) is 5.14. The third kappa shape index (κ3) is 3.17.